The fourth-order valence-corrected chi connectivity index (χ4v) is 3.11. The van der Waals surface area contributed by atoms with E-state index in [1.165, 1.54) is 4.90 Å². The molecule has 0 bridgehead atoms. The average molecular weight is 343 g/mol. The van der Waals surface area contributed by atoms with Crippen molar-refractivity contribution in [2.24, 2.45) is 0 Å². The molecule has 0 aliphatic carbocycles. The molecule has 6 nitrogen and oxygen atoms in total. The van der Waals surface area contributed by atoms with Gasteiger partial charge in [-0.1, -0.05) is 0 Å². The second-order valence-corrected chi connectivity index (χ2v) is 6.52. The van der Waals surface area contributed by atoms with E-state index < -0.39 is 0 Å². The van der Waals surface area contributed by atoms with Gasteiger partial charge in [-0.25, -0.2) is 14.8 Å². The maximum absolute atomic E-state index is 12.1. The summed E-state index contributed by atoms with van der Waals surface area (Å²) in [5, 5.41) is 5.93. The van der Waals surface area contributed by atoms with Gasteiger partial charge in [-0.3, -0.25) is 0 Å². The van der Waals surface area contributed by atoms with Crippen LogP contribution in [0.15, 0.2) is 47.6 Å². The van der Waals surface area contributed by atoms with E-state index in [1.807, 2.05) is 36.6 Å². The number of hydrogen-bond donors (Lipinski definition) is 2. The third kappa shape index (κ3) is 4.38. The molecule has 0 spiro atoms. The smallest absolute Gasteiger partial charge is 0.319 e. The molecular weight excluding hydrogens is 322 g/mol. The molecular formula is C17H21N5OS. The number of anilines is 2. The number of thioether (sulfide) groups is 1. The van der Waals surface area contributed by atoms with Crippen molar-refractivity contribution < 1.29 is 4.79 Å². The van der Waals surface area contributed by atoms with E-state index in [2.05, 4.69) is 25.5 Å². The maximum Gasteiger partial charge on any atom is 0.319 e. The van der Waals surface area contributed by atoms with Gasteiger partial charge < -0.3 is 15.5 Å². The largest absolute Gasteiger partial charge is 0.341 e. The SMILES string of the molecule is CSc1ccc(NC(=O)NC2CCN(c3ncccn3)CC2)cc1. The zero-order chi connectivity index (χ0) is 16.8. The van der Waals surface area contributed by atoms with Crippen LogP contribution in [0.3, 0.4) is 0 Å². The Morgan fingerprint density at radius 3 is 2.46 bits per heavy atom. The molecule has 0 radical (unpaired) electrons. The monoisotopic (exact) mass is 343 g/mol. The topological polar surface area (TPSA) is 70.2 Å². The average Bonchev–Trinajstić information content (AvgIpc) is 2.64. The lowest BCUT2D eigenvalue weighted by Gasteiger charge is -2.32. The minimum absolute atomic E-state index is 0.152. The van der Waals surface area contributed by atoms with E-state index >= 15 is 0 Å². The second-order valence-electron chi connectivity index (χ2n) is 5.64. The minimum atomic E-state index is -0.152. The lowest BCUT2D eigenvalue weighted by molar-refractivity contribution is 0.246. The van der Waals surface area contributed by atoms with Crippen LogP contribution < -0.4 is 15.5 Å². The van der Waals surface area contributed by atoms with E-state index in [1.54, 1.807) is 24.2 Å². The Labute approximate surface area is 146 Å². The van der Waals surface area contributed by atoms with Crippen LogP contribution in [0.1, 0.15) is 12.8 Å². The highest BCUT2D eigenvalue weighted by atomic mass is 32.2. The molecule has 2 amide bonds. The van der Waals surface area contributed by atoms with Gasteiger partial charge in [-0.2, -0.15) is 0 Å². The molecule has 2 heterocycles. The number of aromatic nitrogens is 2. The summed E-state index contributed by atoms with van der Waals surface area (Å²) in [4.78, 5) is 24.0. The number of carbonyl (C=O) groups excluding carboxylic acids is 1. The van der Waals surface area contributed by atoms with Gasteiger partial charge in [0.1, 0.15) is 0 Å². The number of amides is 2. The standard InChI is InChI=1S/C17H21N5OS/c1-24-15-5-3-13(4-6-15)20-17(23)21-14-7-11-22(12-8-14)16-18-9-2-10-19-16/h2-6,9-10,14H,7-8,11-12H2,1H3,(H2,20,21,23). The van der Waals surface area contributed by atoms with Crippen LogP contribution in [-0.4, -0.2) is 41.4 Å². The van der Waals surface area contributed by atoms with E-state index in [0.717, 1.165) is 37.6 Å². The Bertz CT molecular complexity index is 656. The molecule has 1 saturated heterocycles. The van der Waals surface area contributed by atoms with Gasteiger partial charge in [-0.05, 0) is 49.4 Å². The molecule has 126 valence electrons. The predicted molar refractivity (Wildman–Crippen MR) is 97.6 cm³/mol. The Balaban J connectivity index is 1.46. The molecule has 1 fully saturated rings. The van der Waals surface area contributed by atoms with E-state index in [0.29, 0.717) is 0 Å². The first-order valence-electron chi connectivity index (χ1n) is 7.98. The molecule has 0 unspecified atom stereocenters. The van der Waals surface area contributed by atoms with Crippen molar-refractivity contribution in [3.63, 3.8) is 0 Å². The molecule has 3 rings (SSSR count). The van der Waals surface area contributed by atoms with E-state index in [4.69, 9.17) is 0 Å². The third-order valence-corrected chi connectivity index (χ3v) is 4.76. The molecule has 24 heavy (non-hydrogen) atoms. The summed E-state index contributed by atoms with van der Waals surface area (Å²) >= 11 is 1.68. The summed E-state index contributed by atoms with van der Waals surface area (Å²) in [6.07, 6.45) is 7.31. The van der Waals surface area contributed by atoms with Gasteiger partial charge in [0.2, 0.25) is 5.95 Å². The second kappa shape index (κ2) is 8.01. The molecule has 2 aromatic rings. The number of nitrogens with zero attached hydrogens (tertiary/aromatic N) is 3. The van der Waals surface area contributed by atoms with Gasteiger partial charge >= 0.3 is 6.03 Å². The molecule has 1 aliphatic heterocycles. The first-order chi connectivity index (χ1) is 11.7. The van der Waals surface area contributed by atoms with Gasteiger partial charge in [0.05, 0.1) is 0 Å². The number of nitrogens with one attached hydrogen (secondary N) is 2. The van der Waals surface area contributed by atoms with Gasteiger partial charge in [0.15, 0.2) is 0 Å². The summed E-state index contributed by atoms with van der Waals surface area (Å²) in [6.45, 7) is 1.69. The molecule has 2 N–H and O–H groups in total. The Morgan fingerprint density at radius 1 is 1.17 bits per heavy atom. The van der Waals surface area contributed by atoms with Crippen molar-refractivity contribution in [2.75, 3.05) is 29.6 Å². The van der Waals surface area contributed by atoms with Crippen molar-refractivity contribution in [1.82, 2.24) is 15.3 Å². The summed E-state index contributed by atoms with van der Waals surface area (Å²) in [6, 6.07) is 9.67. The molecule has 0 atom stereocenters. The summed E-state index contributed by atoms with van der Waals surface area (Å²) in [5.74, 6) is 0.759. The van der Waals surface area contributed by atoms with Crippen molar-refractivity contribution >= 4 is 29.4 Å². The molecule has 1 aromatic heterocycles. The van der Waals surface area contributed by atoms with E-state index in [-0.39, 0.29) is 12.1 Å². The number of rotatable bonds is 4. The Hall–Kier alpha value is -2.28. The van der Waals surface area contributed by atoms with Crippen LogP contribution >= 0.6 is 11.8 Å². The number of benzene rings is 1. The van der Waals surface area contributed by atoms with Crippen molar-refractivity contribution in [3.8, 4) is 0 Å². The lowest BCUT2D eigenvalue weighted by atomic mass is 10.1. The predicted octanol–water partition coefficient (Wildman–Crippen LogP) is 2.99. The van der Waals surface area contributed by atoms with Crippen molar-refractivity contribution in [1.29, 1.82) is 0 Å². The van der Waals surface area contributed by atoms with Crippen molar-refractivity contribution in [3.05, 3.63) is 42.7 Å². The zero-order valence-electron chi connectivity index (χ0n) is 13.6. The van der Waals surface area contributed by atoms with Crippen LogP contribution in [0.4, 0.5) is 16.4 Å². The highest BCUT2D eigenvalue weighted by Gasteiger charge is 2.22. The highest BCUT2D eigenvalue weighted by molar-refractivity contribution is 7.98. The zero-order valence-corrected chi connectivity index (χ0v) is 14.4. The molecule has 0 saturated carbocycles. The minimum Gasteiger partial charge on any atom is -0.341 e. The van der Waals surface area contributed by atoms with Crippen LogP contribution in [-0.2, 0) is 0 Å². The van der Waals surface area contributed by atoms with Crippen LogP contribution in [0, 0.1) is 0 Å². The third-order valence-electron chi connectivity index (χ3n) is 4.01. The lowest BCUT2D eigenvalue weighted by Crippen LogP contribution is -2.46. The Morgan fingerprint density at radius 2 is 1.83 bits per heavy atom. The summed E-state index contributed by atoms with van der Waals surface area (Å²) in [7, 11) is 0. The first-order valence-corrected chi connectivity index (χ1v) is 9.20. The number of hydrogen-bond acceptors (Lipinski definition) is 5. The quantitative estimate of drug-likeness (QED) is 0.835. The fraction of sp³-hybridized carbons (Fsp3) is 0.353. The van der Waals surface area contributed by atoms with Crippen LogP contribution in [0.25, 0.3) is 0 Å². The fourth-order valence-electron chi connectivity index (χ4n) is 2.71. The Kier molecular flexibility index (Phi) is 5.53. The molecule has 1 aliphatic rings. The maximum atomic E-state index is 12.1. The van der Waals surface area contributed by atoms with Crippen LogP contribution in [0.2, 0.25) is 0 Å². The summed E-state index contributed by atoms with van der Waals surface area (Å²) in [5.41, 5.74) is 0.806. The number of piperidine rings is 1. The first kappa shape index (κ1) is 16.6. The van der Waals surface area contributed by atoms with Gasteiger partial charge in [0, 0.05) is 42.1 Å². The normalized spacial score (nSPS) is 15.1. The number of urea groups is 1. The van der Waals surface area contributed by atoms with Crippen molar-refractivity contribution in [2.45, 2.75) is 23.8 Å². The van der Waals surface area contributed by atoms with Gasteiger partial charge in [0.25, 0.3) is 0 Å². The molecule has 7 heteroatoms. The van der Waals surface area contributed by atoms with Gasteiger partial charge in [-0.15, -0.1) is 11.8 Å². The highest BCUT2D eigenvalue weighted by Crippen LogP contribution is 2.18. The number of carbonyl (C=O) groups is 1. The van der Waals surface area contributed by atoms with Crippen LogP contribution in [0.5, 0.6) is 0 Å². The summed E-state index contributed by atoms with van der Waals surface area (Å²) < 4.78 is 0. The van der Waals surface area contributed by atoms with E-state index in [9.17, 15) is 4.79 Å². The molecule has 1 aromatic carbocycles.